The first-order valence-electron chi connectivity index (χ1n) is 10.8. The molecule has 0 bridgehead atoms. The van der Waals surface area contributed by atoms with Gasteiger partial charge in [-0.25, -0.2) is 0 Å². The Morgan fingerprint density at radius 1 is 1.09 bits per heavy atom. The van der Waals surface area contributed by atoms with E-state index >= 15 is 0 Å². The number of phenolic OH excluding ortho intramolecular Hbond substituents is 1. The van der Waals surface area contributed by atoms with E-state index in [2.05, 4.69) is 0 Å². The van der Waals surface area contributed by atoms with E-state index in [0.29, 0.717) is 23.5 Å². The van der Waals surface area contributed by atoms with Gasteiger partial charge in [0, 0.05) is 12.1 Å². The Bertz CT molecular complexity index is 1010. The smallest absolute Gasteiger partial charge is 0.295 e. The van der Waals surface area contributed by atoms with Gasteiger partial charge in [0.15, 0.2) is 0 Å². The van der Waals surface area contributed by atoms with Crippen molar-refractivity contribution < 1.29 is 29.3 Å². The lowest BCUT2D eigenvalue weighted by atomic mass is 9.95. The number of hydrogen-bond acceptors (Lipinski definition) is 6. The largest absolute Gasteiger partial charge is 0.508 e. The molecule has 1 aliphatic heterocycles. The zero-order valence-electron chi connectivity index (χ0n) is 18.6. The predicted molar refractivity (Wildman–Crippen MR) is 120 cm³/mol. The highest BCUT2D eigenvalue weighted by Gasteiger charge is 2.46. The van der Waals surface area contributed by atoms with Gasteiger partial charge in [0.1, 0.15) is 17.3 Å². The summed E-state index contributed by atoms with van der Waals surface area (Å²) in [5.74, 6) is -1.22. The number of amides is 1. The van der Waals surface area contributed by atoms with Crippen LogP contribution in [0.5, 0.6) is 11.5 Å². The number of ketones is 1. The summed E-state index contributed by atoms with van der Waals surface area (Å²) in [6.45, 7) is 6.68. The van der Waals surface area contributed by atoms with Gasteiger partial charge in [-0.15, -0.1) is 0 Å². The number of likely N-dealkylation sites (tertiary alicyclic amines) is 1. The molecular weight excluding hydrogens is 410 g/mol. The van der Waals surface area contributed by atoms with Gasteiger partial charge in [-0.3, -0.25) is 9.59 Å². The minimum absolute atomic E-state index is 0.00137. The average molecular weight is 440 g/mol. The van der Waals surface area contributed by atoms with Crippen LogP contribution in [0.4, 0.5) is 0 Å². The van der Waals surface area contributed by atoms with E-state index < -0.39 is 17.7 Å². The summed E-state index contributed by atoms with van der Waals surface area (Å²) in [4.78, 5) is 27.3. The molecule has 170 valence electrons. The van der Waals surface area contributed by atoms with E-state index in [-0.39, 0.29) is 36.3 Å². The van der Waals surface area contributed by atoms with Crippen molar-refractivity contribution >= 4 is 17.4 Å². The highest BCUT2D eigenvalue weighted by atomic mass is 16.5. The molecular formula is C25H29NO6. The summed E-state index contributed by atoms with van der Waals surface area (Å²) in [6, 6.07) is 12.3. The van der Waals surface area contributed by atoms with E-state index in [9.17, 15) is 19.8 Å². The van der Waals surface area contributed by atoms with Crippen LogP contribution in [0.1, 0.15) is 44.4 Å². The number of nitrogens with zero attached hydrogens (tertiary/aromatic N) is 1. The second-order valence-electron chi connectivity index (χ2n) is 7.88. The fourth-order valence-corrected chi connectivity index (χ4v) is 3.65. The van der Waals surface area contributed by atoms with Gasteiger partial charge in [0.05, 0.1) is 30.9 Å². The minimum Gasteiger partial charge on any atom is -0.508 e. The van der Waals surface area contributed by atoms with Crippen LogP contribution in [0, 0.1) is 0 Å². The number of aliphatic hydroxyl groups is 1. The molecule has 0 aliphatic carbocycles. The quantitative estimate of drug-likeness (QED) is 0.348. The Morgan fingerprint density at radius 2 is 1.84 bits per heavy atom. The maximum absolute atomic E-state index is 13.0. The molecule has 1 unspecified atom stereocenters. The van der Waals surface area contributed by atoms with E-state index in [0.717, 1.165) is 6.42 Å². The van der Waals surface area contributed by atoms with E-state index in [1.165, 1.54) is 17.0 Å². The monoisotopic (exact) mass is 439 g/mol. The van der Waals surface area contributed by atoms with Crippen molar-refractivity contribution in [3.05, 3.63) is 65.2 Å². The molecule has 1 aliphatic rings. The Kier molecular flexibility index (Phi) is 7.53. The highest BCUT2D eigenvalue weighted by Crippen LogP contribution is 2.40. The number of hydrogen-bond donors (Lipinski definition) is 2. The molecule has 2 N–H and O–H groups in total. The zero-order valence-corrected chi connectivity index (χ0v) is 18.6. The Morgan fingerprint density at radius 3 is 2.53 bits per heavy atom. The van der Waals surface area contributed by atoms with Crippen LogP contribution in [-0.2, 0) is 14.3 Å². The van der Waals surface area contributed by atoms with Crippen molar-refractivity contribution in [2.24, 2.45) is 0 Å². The topological polar surface area (TPSA) is 96.3 Å². The molecule has 1 fully saturated rings. The maximum Gasteiger partial charge on any atom is 0.295 e. The summed E-state index contributed by atoms with van der Waals surface area (Å²) in [6.07, 6.45) is 0.800. The van der Waals surface area contributed by atoms with E-state index in [4.69, 9.17) is 9.47 Å². The third-order valence-corrected chi connectivity index (χ3v) is 5.09. The Labute approximate surface area is 187 Å². The van der Waals surface area contributed by atoms with Crippen LogP contribution >= 0.6 is 0 Å². The first kappa shape index (κ1) is 23.3. The number of ether oxygens (including phenoxy) is 2. The molecule has 7 nitrogen and oxygen atoms in total. The minimum atomic E-state index is -0.849. The lowest BCUT2D eigenvalue weighted by Gasteiger charge is -2.25. The number of phenols is 1. The van der Waals surface area contributed by atoms with Crippen LogP contribution in [0.2, 0.25) is 0 Å². The number of Topliss-reactive ketones (excluding diaryl/α,β-unsaturated/α-hetero) is 1. The average Bonchev–Trinajstić information content (AvgIpc) is 3.02. The van der Waals surface area contributed by atoms with Gasteiger partial charge < -0.3 is 24.6 Å². The third kappa shape index (κ3) is 5.11. The molecule has 32 heavy (non-hydrogen) atoms. The van der Waals surface area contributed by atoms with Crippen molar-refractivity contribution in [1.82, 2.24) is 4.90 Å². The second kappa shape index (κ2) is 10.3. The summed E-state index contributed by atoms with van der Waals surface area (Å²) < 4.78 is 11.2. The van der Waals surface area contributed by atoms with Crippen molar-refractivity contribution in [3.63, 3.8) is 0 Å². The molecule has 1 heterocycles. The molecule has 7 heteroatoms. The normalized spacial score (nSPS) is 17.9. The fraction of sp³-hybridized carbons (Fsp3) is 0.360. The second-order valence-corrected chi connectivity index (χ2v) is 7.88. The van der Waals surface area contributed by atoms with Crippen LogP contribution in [0.15, 0.2) is 54.1 Å². The number of benzene rings is 2. The van der Waals surface area contributed by atoms with Gasteiger partial charge in [-0.1, -0.05) is 31.2 Å². The summed E-state index contributed by atoms with van der Waals surface area (Å²) in [5.41, 5.74) is 0.867. The van der Waals surface area contributed by atoms with Gasteiger partial charge >= 0.3 is 0 Å². The van der Waals surface area contributed by atoms with Crippen molar-refractivity contribution in [1.29, 1.82) is 0 Å². The lowest BCUT2D eigenvalue weighted by molar-refractivity contribution is -0.140. The molecule has 2 aromatic carbocycles. The third-order valence-electron chi connectivity index (χ3n) is 5.09. The summed E-state index contributed by atoms with van der Waals surface area (Å²) in [7, 11) is 0. The van der Waals surface area contributed by atoms with Gasteiger partial charge in [0.2, 0.25) is 0 Å². The van der Waals surface area contributed by atoms with Crippen molar-refractivity contribution in [2.45, 2.75) is 39.3 Å². The molecule has 0 aromatic heterocycles. The van der Waals surface area contributed by atoms with Crippen molar-refractivity contribution in [2.75, 3.05) is 19.8 Å². The van der Waals surface area contributed by atoms with Crippen LogP contribution in [0.25, 0.3) is 5.76 Å². The van der Waals surface area contributed by atoms with Crippen molar-refractivity contribution in [3.8, 4) is 11.5 Å². The van der Waals surface area contributed by atoms with Gasteiger partial charge in [0.25, 0.3) is 11.7 Å². The van der Waals surface area contributed by atoms with Gasteiger partial charge in [-0.2, -0.15) is 0 Å². The van der Waals surface area contributed by atoms with Crippen LogP contribution < -0.4 is 4.74 Å². The first-order valence-corrected chi connectivity index (χ1v) is 10.8. The molecule has 0 saturated carbocycles. The standard InChI is InChI=1S/C25H29NO6/c1-4-12-32-20-10-6-8-18(15-20)23(28)21-22(17-7-5-9-19(27)14-17)26(25(30)24(21)29)11-13-31-16(2)3/h5-10,14-16,22,27-28H,4,11-13H2,1-3H3/b23-21-. The number of aromatic hydroxyl groups is 1. The number of carbonyl (C=O) groups excluding carboxylic acids is 2. The molecule has 1 saturated heterocycles. The first-order chi connectivity index (χ1) is 15.3. The Hall–Kier alpha value is -3.32. The predicted octanol–water partition coefficient (Wildman–Crippen LogP) is 4.03. The zero-order chi connectivity index (χ0) is 23.3. The maximum atomic E-state index is 13.0. The van der Waals surface area contributed by atoms with Gasteiger partial charge in [-0.05, 0) is 50.1 Å². The molecule has 0 spiro atoms. The number of aliphatic hydroxyl groups excluding tert-OH is 1. The highest BCUT2D eigenvalue weighted by molar-refractivity contribution is 6.46. The van der Waals surface area contributed by atoms with E-state index in [1.54, 1.807) is 36.4 Å². The summed E-state index contributed by atoms with van der Waals surface area (Å²) in [5, 5.41) is 21.1. The fourth-order valence-electron chi connectivity index (χ4n) is 3.65. The Balaban J connectivity index is 2.06. The molecule has 3 rings (SSSR count). The molecule has 2 aromatic rings. The molecule has 1 amide bonds. The molecule has 1 atom stereocenters. The molecule has 0 radical (unpaired) electrons. The van der Waals surface area contributed by atoms with Crippen LogP contribution in [-0.4, -0.2) is 52.7 Å². The van der Waals surface area contributed by atoms with Crippen LogP contribution in [0.3, 0.4) is 0 Å². The van der Waals surface area contributed by atoms with E-state index in [1.807, 2.05) is 20.8 Å². The number of carbonyl (C=O) groups is 2. The number of rotatable bonds is 9. The SMILES string of the molecule is CCCOc1cccc(/C(O)=C2/C(=O)C(=O)N(CCOC(C)C)C2c2cccc(O)c2)c1. The summed E-state index contributed by atoms with van der Waals surface area (Å²) >= 11 is 0. The lowest BCUT2D eigenvalue weighted by Crippen LogP contribution is -2.33.